The number of nitrogens with one attached hydrogen (secondary N) is 1. The third-order valence-corrected chi connectivity index (χ3v) is 4.99. The Labute approximate surface area is 179 Å². The number of imidazole rings is 1. The first-order valence-electron chi connectivity index (χ1n) is 10.0. The molecule has 4 heteroatoms. The Hall–Kier alpha value is -4.18. The highest BCUT2D eigenvalue weighted by atomic mass is 19.1. The minimum Gasteiger partial charge on any atom is -0.457 e. The predicted octanol–water partition coefficient (Wildman–Crippen LogP) is 7.34. The van der Waals surface area contributed by atoms with Crippen LogP contribution in [0.3, 0.4) is 0 Å². The van der Waals surface area contributed by atoms with Crippen molar-refractivity contribution < 1.29 is 9.13 Å². The van der Waals surface area contributed by atoms with Crippen LogP contribution in [0.15, 0.2) is 109 Å². The van der Waals surface area contributed by atoms with Gasteiger partial charge >= 0.3 is 0 Å². The van der Waals surface area contributed by atoms with Crippen molar-refractivity contribution in [1.29, 1.82) is 0 Å². The highest BCUT2D eigenvalue weighted by molar-refractivity contribution is 5.81. The number of hydrogen-bond donors (Lipinski definition) is 1. The van der Waals surface area contributed by atoms with Gasteiger partial charge in [0.05, 0.1) is 11.4 Å². The molecule has 3 nitrogen and oxygen atoms in total. The van der Waals surface area contributed by atoms with E-state index in [1.807, 2.05) is 84.9 Å². The quantitative estimate of drug-likeness (QED) is 0.331. The van der Waals surface area contributed by atoms with Crippen molar-refractivity contribution >= 4 is 0 Å². The molecule has 1 N–H and O–H groups in total. The first-order chi connectivity index (χ1) is 15.3. The molecule has 150 valence electrons. The van der Waals surface area contributed by atoms with Crippen molar-refractivity contribution in [2.45, 2.75) is 0 Å². The van der Waals surface area contributed by atoms with Gasteiger partial charge in [0.15, 0.2) is 0 Å². The summed E-state index contributed by atoms with van der Waals surface area (Å²) in [7, 11) is 0. The lowest BCUT2D eigenvalue weighted by atomic mass is 10.1. The first kappa shape index (κ1) is 18.8. The molecule has 0 radical (unpaired) electrons. The van der Waals surface area contributed by atoms with Crippen molar-refractivity contribution in [2.24, 2.45) is 0 Å². The molecule has 0 unspecified atom stereocenters. The Kier molecular flexibility index (Phi) is 5.03. The molecule has 31 heavy (non-hydrogen) atoms. The lowest BCUT2D eigenvalue weighted by molar-refractivity contribution is 0.483. The van der Waals surface area contributed by atoms with E-state index in [1.165, 1.54) is 12.1 Å². The van der Waals surface area contributed by atoms with Crippen molar-refractivity contribution in [3.05, 3.63) is 115 Å². The summed E-state index contributed by atoms with van der Waals surface area (Å²) < 4.78 is 19.3. The van der Waals surface area contributed by atoms with Crippen LogP contribution in [0, 0.1) is 5.82 Å². The Bertz CT molecular complexity index is 1280. The molecule has 0 saturated carbocycles. The number of para-hydroxylation sites is 1. The average Bonchev–Trinajstić information content (AvgIpc) is 3.27. The summed E-state index contributed by atoms with van der Waals surface area (Å²) in [4.78, 5) is 8.26. The van der Waals surface area contributed by atoms with Crippen LogP contribution in [-0.2, 0) is 0 Å². The van der Waals surface area contributed by atoms with Gasteiger partial charge in [0.2, 0.25) is 0 Å². The van der Waals surface area contributed by atoms with Gasteiger partial charge in [-0.25, -0.2) is 9.37 Å². The Morgan fingerprint density at radius 2 is 1.16 bits per heavy atom. The van der Waals surface area contributed by atoms with Gasteiger partial charge in [-0.2, -0.15) is 0 Å². The van der Waals surface area contributed by atoms with E-state index in [9.17, 15) is 4.39 Å². The van der Waals surface area contributed by atoms with Gasteiger partial charge in [0.25, 0.3) is 0 Å². The fraction of sp³-hybridized carbons (Fsp3) is 0. The Balaban J connectivity index is 1.53. The van der Waals surface area contributed by atoms with Crippen LogP contribution in [0.2, 0.25) is 0 Å². The van der Waals surface area contributed by atoms with Crippen LogP contribution in [-0.4, -0.2) is 9.97 Å². The minimum atomic E-state index is -0.271. The number of halogens is 1. The van der Waals surface area contributed by atoms with Crippen LogP contribution < -0.4 is 4.74 Å². The maximum atomic E-state index is 13.4. The lowest BCUT2D eigenvalue weighted by Crippen LogP contribution is -1.86. The van der Waals surface area contributed by atoms with E-state index in [-0.39, 0.29) is 5.82 Å². The minimum absolute atomic E-state index is 0.271. The zero-order chi connectivity index (χ0) is 21.0. The lowest BCUT2D eigenvalue weighted by Gasteiger charge is -2.07. The highest BCUT2D eigenvalue weighted by Crippen LogP contribution is 2.34. The molecule has 1 heterocycles. The molecule has 0 amide bonds. The monoisotopic (exact) mass is 406 g/mol. The van der Waals surface area contributed by atoms with Gasteiger partial charge in [-0.1, -0.05) is 48.5 Å². The molecule has 0 atom stereocenters. The van der Waals surface area contributed by atoms with E-state index >= 15 is 0 Å². The van der Waals surface area contributed by atoms with E-state index in [0.717, 1.165) is 39.6 Å². The third kappa shape index (κ3) is 4.09. The fourth-order valence-electron chi connectivity index (χ4n) is 3.45. The van der Waals surface area contributed by atoms with Crippen LogP contribution in [0.5, 0.6) is 11.5 Å². The zero-order valence-corrected chi connectivity index (χ0v) is 16.6. The van der Waals surface area contributed by atoms with Crippen molar-refractivity contribution in [1.82, 2.24) is 9.97 Å². The summed E-state index contributed by atoms with van der Waals surface area (Å²) in [6.45, 7) is 0. The number of aromatic nitrogens is 2. The van der Waals surface area contributed by atoms with Crippen molar-refractivity contribution in [2.75, 3.05) is 0 Å². The third-order valence-electron chi connectivity index (χ3n) is 4.99. The maximum Gasteiger partial charge on any atom is 0.138 e. The van der Waals surface area contributed by atoms with Crippen LogP contribution in [0.25, 0.3) is 33.9 Å². The van der Waals surface area contributed by atoms with E-state index in [1.54, 1.807) is 12.1 Å². The number of rotatable bonds is 5. The number of hydrogen-bond acceptors (Lipinski definition) is 2. The molecule has 0 fully saturated rings. The van der Waals surface area contributed by atoms with E-state index in [4.69, 9.17) is 9.72 Å². The summed E-state index contributed by atoms with van der Waals surface area (Å²) in [5.41, 5.74) is 4.56. The second kappa shape index (κ2) is 8.28. The van der Waals surface area contributed by atoms with Crippen LogP contribution in [0.4, 0.5) is 4.39 Å². The molecule has 1 aromatic heterocycles. The normalized spacial score (nSPS) is 10.7. The molecule has 0 saturated heterocycles. The smallest absolute Gasteiger partial charge is 0.138 e. The first-order valence-corrected chi connectivity index (χ1v) is 10.0. The van der Waals surface area contributed by atoms with E-state index in [2.05, 4.69) is 4.98 Å². The van der Waals surface area contributed by atoms with Gasteiger partial charge in [0.1, 0.15) is 23.1 Å². The largest absolute Gasteiger partial charge is 0.457 e. The average molecular weight is 406 g/mol. The molecule has 0 aliphatic carbocycles. The second-order valence-electron chi connectivity index (χ2n) is 7.12. The Morgan fingerprint density at radius 3 is 1.84 bits per heavy atom. The molecule has 5 rings (SSSR count). The van der Waals surface area contributed by atoms with Crippen molar-refractivity contribution in [3.8, 4) is 45.4 Å². The standard InChI is InChI=1S/C27H19FN2O/c28-22-15-11-21(12-16-22)27-29-25(19-7-3-1-4-8-19)26(30-27)20-13-17-24(18-14-20)31-23-9-5-2-6-10-23/h1-18H,(H,29,30). The fourth-order valence-corrected chi connectivity index (χ4v) is 3.45. The molecular weight excluding hydrogens is 387 g/mol. The topological polar surface area (TPSA) is 37.9 Å². The van der Waals surface area contributed by atoms with Crippen molar-refractivity contribution in [3.63, 3.8) is 0 Å². The zero-order valence-electron chi connectivity index (χ0n) is 16.6. The van der Waals surface area contributed by atoms with E-state index in [0.29, 0.717) is 5.82 Å². The van der Waals surface area contributed by atoms with E-state index < -0.39 is 0 Å². The number of aromatic amines is 1. The van der Waals surface area contributed by atoms with Gasteiger partial charge in [0, 0.05) is 16.7 Å². The Morgan fingerprint density at radius 1 is 0.581 bits per heavy atom. The second-order valence-corrected chi connectivity index (χ2v) is 7.12. The molecule has 4 aromatic carbocycles. The summed E-state index contributed by atoms with van der Waals surface area (Å²) >= 11 is 0. The highest BCUT2D eigenvalue weighted by Gasteiger charge is 2.15. The van der Waals surface area contributed by atoms with Crippen LogP contribution >= 0.6 is 0 Å². The SMILES string of the molecule is Fc1ccc(-c2nc(-c3ccccc3)c(-c3ccc(Oc4ccccc4)cc3)[nH]2)cc1. The van der Waals surface area contributed by atoms with Gasteiger partial charge in [-0.3, -0.25) is 0 Å². The van der Waals surface area contributed by atoms with Gasteiger partial charge in [-0.15, -0.1) is 0 Å². The number of ether oxygens (including phenoxy) is 1. The number of benzene rings is 4. The van der Waals surface area contributed by atoms with Gasteiger partial charge < -0.3 is 9.72 Å². The van der Waals surface area contributed by atoms with Crippen LogP contribution in [0.1, 0.15) is 0 Å². The van der Waals surface area contributed by atoms with Gasteiger partial charge in [-0.05, 0) is 60.7 Å². The molecule has 0 aliphatic rings. The molecule has 0 aliphatic heterocycles. The summed E-state index contributed by atoms with van der Waals surface area (Å²) in [5.74, 6) is 1.97. The summed E-state index contributed by atoms with van der Waals surface area (Å²) in [5, 5.41) is 0. The number of H-pyrrole nitrogens is 1. The molecule has 0 spiro atoms. The predicted molar refractivity (Wildman–Crippen MR) is 121 cm³/mol. The molecule has 5 aromatic rings. The number of nitrogens with zero attached hydrogens (tertiary/aromatic N) is 1. The molecule has 0 bridgehead atoms. The summed E-state index contributed by atoms with van der Waals surface area (Å²) in [6.07, 6.45) is 0. The summed E-state index contributed by atoms with van der Waals surface area (Å²) in [6, 6.07) is 33.9. The molecular formula is C27H19FN2O. The maximum absolute atomic E-state index is 13.4.